The Labute approximate surface area is 218 Å². The lowest BCUT2D eigenvalue weighted by molar-refractivity contribution is -0.137. The lowest BCUT2D eigenvalue weighted by Crippen LogP contribution is -2.09. The maximum absolute atomic E-state index is 10.7. The van der Waals surface area contributed by atoms with Crippen LogP contribution in [0, 0.1) is 0 Å². The summed E-state index contributed by atoms with van der Waals surface area (Å²) in [5.41, 5.74) is 5.16. The predicted molar refractivity (Wildman–Crippen MR) is 151 cm³/mol. The van der Waals surface area contributed by atoms with Gasteiger partial charge < -0.3 is 10.8 Å². The van der Waals surface area contributed by atoms with Crippen LogP contribution >= 0.6 is 0 Å². The van der Waals surface area contributed by atoms with Crippen LogP contribution in [0.3, 0.4) is 0 Å². The summed E-state index contributed by atoms with van der Waals surface area (Å²) in [6.45, 7) is 0. The normalized spacial score (nSPS) is 11.2. The van der Waals surface area contributed by atoms with Gasteiger partial charge in [0.1, 0.15) is 0 Å². The Bertz CT molecular complexity index is 413. The largest absolute Gasteiger partial charge is 0.481 e. The van der Waals surface area contributed by atoms with Crippen LogP contribution in [0.5, 0.6) is 0 Å². The number of hydrogen-bond acceptors (Lipinski definition) is 2. The van der Waals surface area contributed by atoms with Gasteiger partial charge in [-0.25, -0.2) is 0 Å². The molecule has 0 aliphatic carbocycles. The Morgan fingerprint density at radius 2 is 0.514 bits per heavy atom. The Kier molecular flexibility index (Phi) is 28.3. The van der Waals surface area contributed by atoms with E-state index in [1.807, 2.05) is 0 Å². The van der Waals surface area contributed by atoms with Crippen molar-refractivity contribution >= 4 is 11.9 Å². The van der Waals surface area contributed by atoms with Crippen molar-refractivity contribution in [3.8, 4) is 0 Å². The lowest BCUT2D eigenvalue weighted by Gasteiger charge is -2.04. The summed E-state index contributed by atoms with van der Waals surface area (Å²) in [6.07, 6.45) is 36.8. The molecule has 0 spiro atoms. The zero-order valence-electron chi connectivity index (χ0n) is 23.3. The quantitative estimate of drug-likeness (QED) is 0.0973. The highest BCUT2D eigenvalue weighted by molar-refractivity contribution is 5.73. The monoisotopic (exact) mass is 495 g/mol. The molecule has 1 amide bonds. The SMILES string of the molecule is NC(=O)CCCCCCCCCCCCCCCCCCCCCCCCCCCCCC(=O)O. The number of carbonyl (C=O) groups excluding carboxylic acids is 1. The molecule has 0 aliphatic heterocycles. The molecule has 0 aromatic carbocycles. The van der Waals surface area contributed by atoms with Gasteiger partial charge >= 0.3 is 5.97 Å². The van der Waals surface area contributed by atoms with Crippen LogP contribution in [0.15, 0.2) is 0 Å². The summed E-state index contributed by atoms with van der Waals surface area (Å²) in [4.78, 5) is 21.1. The van der Waals surface area contributed by atoms with Crippen LogP contribution in [0.1, 0.15) is 186 Å². The standard InChI is InChI=1S/C31H61NO3/c32-30(33)28-26-24-22-20-18-16-14-12-10-8-6-4-2-1-3-5-7-9-11-13-15-17-19-21-23-25-27-29-31(34)35/h1-29H2,(H2,32,33)(H,34,35). The summed E-state index contributed by atoms with van der Waals surface area (Å²) in [6, 6.07) is 0. The van der Waals surface area contributed by atoms with Gasteiger partial charge in [-0.15, -0.1) is 0 Å². The molecule has 0 radical (unpaired) electrons. The van der Waals surface area contributed by atoms with Crippen molar-refractivity contribution in [3.05, 3.63) is 0 Å². The van der Waals surface area contributed by atoms with Crippen molar-refractivity contribution in [2.45, 2.75) is 186 Å². The Morgan fingerprint density at radius 3 is 0.686 bits per heavy atom. The molecular formula is C31H61NO3. The van der Waals surface area contributed by atoms with Crippen LogP contribution in [-0.4, -0.2) is 17.0 Å². The number of aliphatic carboxylic acids is 1. The molecule has 0 saturated carbocycles. The third-order valence-corrected chi connectivity index (χ3v) is 7.31. The number of nitrogens with two attached hydrogens (primary N) is 1. The maximum Gasteiger partial charge on any atom is 0.303 e. The highest BCUT2D eigenvalue weighted by atomic mass is 16.4. The van der Waals surface area contributed by atoms with Gasteiger partial charge in [0.15, 0.2) is 0 Å². The molecule has 0 bridgehead atoms. The van der Waals surface area contributed by atoms with Crippen LogP contribution < -0.4 is 5.73 Å². The minimum absolute atomic E-state index is 0.157. The van der Waals surface area contributed by atoms with Gasteiger partial charge in [0.25, 0.3) is 0 Å². The van der Waals surface area contributed by atoms with Crippen molar-refractivity contribution in [1.82, 2.24) is 0 Å². The molecule has 0 unspecified atom stereocenters. The molecule has 0 heterocycles. The molecule has 4 heteroatoms. The minimum atomic E-state index is -0.655. The number of carboxylic acids is 1. The summed E-state index contributed by atoms with van der Waals surface area (Å²) in [5.74, 6) is -0.813. The van der Waals surface area contributed by atoms with E-state index < -0.39 is 5.97 Å². The molecule has 0 aliphatic rings. The number of primary amides is 1. The van der Waals surface area contributed by atoms with Crippen molar-refractivity contribution in [2.24, 2.45) is 5.73 Å². The van der Waals surface area contributed by atoms with E-state index in [2.05, 4.69) is 0 Å². The number of unbranched alkanes of at least 4 members (excludes halogenated alkanes) is 26. The van der Waals surface area contributed by atoms with Gasteiger partial charge in [-0.1, -0.05) is 161 Å². The van der Waals surface area contributed by atoms with Crippen LogP contribution in [0.4, 0.5) is 0 Å². The Morgan fingerprint density at radius 1 is 0.343 bits per heavy atom. The smallest absolute Gasteiger partial charge is 0.303 e. The van der Waals surface area contributed by atoms with Gasteiger partial charge in [0, 0.05) is 12.8 Å². The molecular weight excluding hydrogens is 434 g/mol. The van der Waals surface area contributed by atoms with Crippen LogP contribution in [0.25, 0.3) is 0 Å². The summed E-state index contributed by atoms with van der Waals surface area (Å²) < 4.78 is 0. The van der Waals surface area contributed by atoms with Gasteiger partial charge in [-0.3, -0.25) is 9.59 Å². The Hall–Kier alpha value is -1.06. The topological polar surface area (TPSA) is 80.4 Å². The molecule has 3 N–H and O–H groups in total. The zero-order valence-corrected chi connectivity index (χ0v) is 23.3. The van der Waals surface area contributed by atoms with E-state index in [0.717, 1.165) is 25.7 Å². The minimum Gasteiger partial charge on any atom is -0.481 e. The molecule has 35 heavy (non-hydrogen) atoms. The number of carboxylic acid groups (broad SMARTS) is 1. The van der Waals surface area contributed by atoms with Crippen molar-refractivity contribution in [1.29, 1.82) is 0 Å². The second kappa shape index (κ2) is 29.2. The number of hydrogen-bond donors (Lipinski definition) is 2. The van der Waals surface area contributed by atoms with Crippen molar-refractivity contribution < 1.29 is 14.7 Å². The predicted octanol–water partition coefficient (Wildman–Crippen LogP) is 9.87. The van der Waals surface area contributed by atoms with Crippen LogP contribution in [0.2, 0.25) is 0 Å². The molecule has 0 fully saturated rings. The fourth-order valence-corrected chi connectivity index (χ4v) is 4.99. The van der Waals surface area contributed by atoms with Gasteiger partial charge in [0.2, 0.25) is 5.91 Å². The van der Waals surface area contributed by atoms with Gasteiger partial charge in [-0.05, 0) is 12.8 Å². The molecule has 208 valence electrons. The summed E-state index contributed by atoms with van der Waals surface area (Å²) in [7, 11) is 0. The Balaban J connectivity index is 3.03. The van der Waals surface area contributed by atoms with E-state index in [1.165, 1.54) is 148 Å². The molecule has 0 atom stereocenters. The van der Waals surface area contributed by atoms with Crippen molar-refractivity contribution in [2.75, 3.05) is 0 Å². The first kappa shape index (κ1) is 33.9. The molecule has 0 aromatic heterocycles. The van der Waals surface area contributed by atoms with Gasteiger partial charge in [0.05, 0.1) is 0 Å². The van der Waals surface area contributed by atoms with Gasteiger partial charge in [-0.2, -0.15) is 0 Å². The summed E-state index contributed by atoms with van der Waals surface area (Å²) in [5, 5.41) is 8.61. The fraction of sp³-hybridized carbons (Fsp3) is 0.935. The van der Waals surface area contributed by atoms with E-state index in [0.29, 0.717) is 12.8 Å². The molecule has 0 rings (SSSR count). The van der Waals surface area contributed by atoms with E-state index in [-0.39, 0.29) is 5.91 Å². The van der Waals surface area contributed by atoms with E-state index in [1.54, 1.807) is 0 Å². The maximum atomic E-state index is 10.7. The molecule has 0 saturated heterocycles. The van der Waals surface area contributed by atoms with E-state index in [4.69, 9.17) is 10.8 Å². The number of carbonyl (C=O) groups is 2. The molecule has 4 nitrogen and oxygen atoms in total. The van der Waals surface area contributed by atoms with Crippen molar-refractivity contribution in [3.63, 3.8) is 0 Å². The fourth-order valence-electron chi connectivity index (χ4n) is 4.99. The molecule has 0 aromatic rings. The highest BCUT2D eigenvalue weighted by Crippen LogP contribution is 2.16. The highest BCUT2D eigenvalue weighted by Gasteiger charge is 1.98. The number of amides is 1. The first-order chi connectivity index (χ1) is 17.1. The number of rotatable bonds is 30. The van der Waals surface area contributed by atoms with Crippen LogP contribution in [-0.2, 0) is 9.59 Å². The first-order valence-corrected chi connectivity index (χ1v) is 15.6. The second-order valence-corrected chi connectivity index (χ2v) is 10.9. The third-order valence-electron chi connectivity index (χ3n) is 7.31. The lowest BCUT2D eigenvalue weighted by atomic mass is 10.0. The van der Waals surface area contributed by atoms with E-state index in [9.17, 15) is 9.59 Å². The summed E-state index contributed by atoms with van der Waals surface area (Å²) >= 11 is 0. The first-order valence-electron chi connectivity index (χ1n) is 15.6. The average molecular weight is 496 g/mol. The average Bonchev–Trinajstić information content (AvgIpc) is 2.82. The second-order valence-electron chi connectivity index (χ2n) is 10.9. The third kappa shape index (κ3) is 32.9. The van der Waals surface area contributed by atoms with E-state index >= 15 is 0 Å². The zero-order chi connectivity index (χ0) is 25.7.